The fourth-order valence-electron chi connectivity index (χ4n) is 2.53. The van der Waals surface area contributed by atoms with Gasteiger partial charge in [0.2, 0.25) is 0 Å². The summed E-state index contributed by atoms with van der Waals surface area (Å²) >= 11 is 3.56. The molecule has 1 N–H and O–H groups in total. The van der Waals surface area contributed by atoms with Crippen LogP contribution in [0, 0.1) is 13.8 Å². The smallest absolute Gasteiger partial charge is 0.175 e. The highest BCUT2D eigenvalue weighted by Crippen LogP contribution is 2.36. The molecule has 2 aromatic carbocycles. The number of para-hydroxylation sites is 1. The summed E-state index contributed by atoms with van der Waals surface area (Å²) in [7, 11) is 3.56. The molecule has 2 rings (SSSR count). The van der Waals surface area contributed by atoms with E-state index in [0.717, 1.165) is 33.5 Å². The van der Waals surface area contributed by atoms with Crippen LogP contribution in [-0.2, 0) is 6.54 Å². The Kier molecular flexibility index (Phi) is 6.94. The molecule has 0 heterocycles. The fourth-order valence-corrected chi connectivity index (χ4v) is 3.14. The van der Waals surface area contributed by atoms with Crippen LogP contribution in [0.2, 0.25) is 0 Å². The summed E-state index contributed by atoms with van der Waals surface area (Å²) in [5.74, 6) is 2.33. The predicted octanol–water partition coefficient (Wildman–Crippen LogP) is 4.25. The van der Waals surface area contributed by atoms with Crippen molar-refractivity contribution >= 4 is 15.9 Å². The molecule has 0 saturated heterocycles. The number of hydrogen-bond donors (Lipinski definition) is 1. The van der Waals surface area contributed by atoms with Gasteiger partial charge >= 0.3 is 0 Å². The highest BCUT2D eigenvalue weighted by Gasteiger charge is 2.12. The molecule has 0 aliphatic carbocycles. The molecule has 0 amide bonds. The fraction of sp³-hybridized carbons (Fsp3) is 0.368. The number of benzene rings is 2. The Morgan fingerprint density at radius 2 is 1.62 bits per heavy atom. The number of hydrogen-bond acceptors (Lipinski definition) is 4. The van der Waals surface area contributed by atoms with E-state index in [4.69, 9.17) is 14.2 Å². The number of ether oxygens (including phenoxy) is 3. The van der Waals surface area contributed by atoms with Gasteiger partial charge in [-0.15, -0.1) is 0 Å². The van der Waals surface area contributed by atoms with E-state index in [1.807, 2.05) is 51.2 Å². The van der Waals surface area contributed by atoms with E-state index in [2.05, 4.69) is 21.2 Å². The van der Waals surface area contributed by atoms with E-state index < -0.39 is 0 Å². The second-order valence-electron chi connectivity index (χ2n) is 5.56. The van der Waals surface area contributed by atoms with Crippen molar-refractivity contribution in [3.63, 3.8) is 0 Å². The van der Waals surface area contributed by atoms with Crippen molar-refractivity contribution in [3.8, 4) is 17.2 Å². The molecule has 0 bridgehead atoms. The zero-order chi connectivity index (χ0) is 17.5. The van der Waals surface area contributed by atoms with Gasteiger partial charge < -0.3 is 19.5 Å². The highest BCUT2D eigenvalue weighted by atomic mass is 79.9. The molecule has 4 nitrogen and oxygen atoms in total. The molecular formula is C19H24BrNO3. The van der Waals surface area contributed by atoms with Gasteiger partial charge in [-0.3, -0.25) is 0 Å². The number of methoxy groups -OCH3 is 1. The van der Waals surface area contributed by atoms with E-state index >= 15 is 0 Å². The van der Waals surface area contributed by atoms with Crippen LogP contribution in [0.15, 0.2) is 34.8 Å². The summed E-state index contributed by atoms with van der Waals surface area (Å²) < 4.78 is 18.1. The van der Waals surface area contributed by atoms with Crippen molar-refractivity contribution in [2.75, 3.05) is 27.4 Å². The topological polar surface area (TPSA) is 39.7 Å². The zero-order valence-electron chi connectivity index (χ0n) is 14.6. The lowest BCUT2D eigenvalue weighted by molar-refractivity contribution is 0.209. The van der Waals surface area contributed by atoms with Crippen LogP contribution in [0.5, 0.6) is 17.2 Å². The zero-order valence-corrected chi connectivity index (χ0v) is 16.2. The second-order valence-corrected chi connectivity index (χ2v) is 6.41. The minimum Gasteiger partial charge on any atom is -0.493 e. The van der Waals surface area contributed by atoms with Crippen molar-refractivity contribution in [1.29, 1.82) is 0 Å². The summed E-state index contributed by atoms with van der Waals surface area (Å²) in [5.41, 5.74) is 3.38. The Morgan fingerprint density at radius 1 is 1.00 bits per heavy atom. The van der Waals surface area contributed by atoms with Crippen molar-refractivity contribution < 1.29 is 14.2 Å². The van der Waals surface area contributed by atoms with Crippen LogP contribution in [-0.4, -0.2) is 27.4 Å². The molecule has 5 heteroatoms. The Labute approximate surface area is 152 Å². The standard InChI is InChI=1S/C19H24BrNO3/c1-13-6-5-7-14(2)18(13)23-8-9-24-19-16(20)10-15(12-21-3)11-17(19)22-4/h5-7,10-11,21H,8-9,12H2,1-4H3. The molecule has 130 valence electrons. The van der Waals surface area contributed by atoms with E-state index in [9.17, 15) is 0 Å². The first-order valence-corrected chi connectivity index (χ1v) is 8.69. The van der Waals surface area contributed by atoms with Crippen LogP contribution >= 0.6 is 15.9 Å². The van der Waals surface area contributed by atoms with Crippen molar-refractivity contribution in [2.45, 2.75) is 20.4 Å². The van der Waals surface area contributed by atoms with Gasteiger partial charge in [0.25, 0.3) is 0 Å². The van der Waals surface area contributed by atoms with Gasteiger partial charge in [0.1, 0.15) is 19.0 Å². The van der Waals surface area contributed by atoms with Crippen LogP contribution in [0.1, 0.15) is 16.7 Å². The monoisotopic (exact) mass is 393 g/mol. The summed E-state index contributed by atoms with van der Waals surface area (Å²) in [6.07, 6.45) is 0. The molecule has 0 unspecified atom stereocenters. The van der Waals surface area contributed by atoms with E-state index in [0.29, 0.717) is 24.7 Å². The Morgan fingerprint density at radius 3 is 2.21 bits per heavy atom. The summed E-state index contributed by atoms with van der Waals surface area (Å²) in [4.78, 5) is 0. The number of halogens is 1. The maximum Gasteiger partial charge on any atom is 0.175 e. The van der Waals surface area contributed by atoms with Gasteiger partial charge in [-0.1, -0.05) is 18.2 Å². The van der Waals surface area contributed by atoms with Crippen LogP contribution in [0.4, 0.5) is 0 Å². The first kappa shape index (κ1) is 18.6. The lowest BCUT2D eigenvalue weighted by Gasteiger charge is -2.16. The van der Waals surface area contributed by atoms with Crippen molar-refractivity contribution in [1.82, 2.24) is 5.32 Å². The first-order valence-electron chi connectivity index (χ1n) is 7.89. The highest BCUT2D eigenvalue weighted by molar-refractivity contribution is 9.10. The summed E-state index contributed by atoms with van der Waals surface area (Å²) in [5, 5.41) is 3.13. The Hall–Kier alpha value is -1.72. The van der Waals surface area contributed by atoms with Crippen molar-refractivity contribution in [2.24, 2.45) is 0 Å². The second kappa shape index (κ2) is 8.94. The van der Waals surface area contributed by atoms with Gasteiger partial charge in [0.15, 0.2) is 11.5 Å². The molecule has 0 fully saturated rings. The van der Waals surface area contributed by atoms with Gasteiger partial charge in [-0.05, 0) is 65.6 Å². The third kappa shape index (κ3) is 4.65. The van der Waals surface area contributed by atoms with Crippen molar-refractivity contribution in [3.05, 3.63) is 51.5 Å². The molecular weight excluding hydrogens is 370 g/mol. The SMILES string of the molecule is CNCc1cc(Br)c(OCCOc2c(C)cccc2C)c(OC)c1. The van der Waals surface area contributed by atoms with Gasteiger partial charge in [0, 0.05) is 6.54 Å². The maximum atomic E-state index is 5.88. The van der Waals surface area contributed by atoms with Gasteiger partial charge in [-0.2, -0.15) is 0 Å². The average molecular weight is 394 g/mol. The maximum absolute atomic E-state index is 5.88. The Balaban J connectivity index is 1.99. The number of nitrogens with one attached hydrogen (secondary N) is 1. The number of aryl methyl sites for hydroxylation is 2. The average Bonchev–Trinajstić information content (AvgIpc) is 2.55. The molecule has 0 aliphatic rings. The molecule has 0 atom stereocenters. The summed E-state index contributed by atoms with van der Waals surface area (Å²) in [6.45, 7) is 5.77. The largest absolute Gasteiger partial charge is 0.493 e. The normalized spacial score (nSPS) is 10.5. The minimum absolute atomic E-state index is 0.439. The molecule has 0 saturated carbocycles. The predicted molar refractivity (Wildman–Crippen MR) is 100 cm³/mol. The third-order valence-corrected chi connectivity index (χ3v) is 4.24. The molecule has 24 heavy (non-hydrogen) atoms. The molecule has 0 spiro atoms. The van der Waals surface area contributed by atoms with Crippen LogP contribution in [0.25, 0.3) is 0 Å². The Bertz CT molecular complexity index is 668. The summed E-state index contributed by atoms with van der Waals surface area (Å²) in [6, 6.07) is 10.1. The molecule has 0 radical (unpaired) electrons. The molecule has 0 aromatic heterocycles. The lowest BCUT2D eigenvalue weighted by Crippen LogP contribution is -2.11. The van der Waals surface area contributed by atoms with Crippen LogP contribution in [0.3, 0.4) is 0 Å². The van der Waals surface area contributed by atoms with Gasteiger partial charge in [0.05, 0.1) is 11.6 Å². The van der Waals surface area contributed by atoms with E-state index in [1.165, 1.54) is 0 Å². The van der Waals surface area contributed by atoms with Gasteiger partial charge in [-0.25, -0.2) is 0 Å². The lowest BCUT2D eigenvalue weighted by atomic mass is 10.1. The third-order valence-electron chi connectivity index (χ3n) is 3.66. The number of rotatable bonds is 8. The van der Waals surface area contributed by atoms with E-state index in [-0.39, 0.29) is 0 Å². The molecule has 0 aliphatic heterocycles. The molecule has 2 aromatic rings. The minimum atomic E-state index is 0.439. The van der Waals surface area contributed by atoms with E-state index in [1.54, 1.807) is 7.11 Å². The quantitative estimate of drug-likeness (QED) is 0.680. The van der Waals surface area contributed by atoms with Crippen LogP contribution < -0.4 is 19.5 Å². The first-order chi connectivity index (χ1) is 11.6.